The number of likely N-dealkylation sites (tertiary alicyclic amines) is 1. The van der Waals surface area contributed by atoms with Crippen molar-refractivity contribution < 1.29 is 19.1 Å². The molecule has 0 aromatic heterocycles. The molecule has 0 saturated carbocycles. The molecule has 1 unspecified atom stereocenters. The van der Waals surface area contributed by atoms with Gasteiger partial charge in [-0.2, -0.15) is 0 Å². The number of carbonyl (C=O) groups is 3. The van der Waals surface area contributed by atoms with E-state index in [1.807, 2.05) is 20.8 Å². The Morgan fingerprint density at radius 3 is 2.60 bits per heavy atom. The Morgan fingerprint density at radius 1 is 1.20 bits per heavy atom. The fourth-order valence-corrected chi connectivity index (χ4v) is 3.39. The molecule has 1 aliphatic heterocycles. The zero-order chi connectivity index (χ0) is 22.3. The van der Waals surface area contributed by atoms with Crippen molar-refractivity contribution >= 4 is 23.6 Å². The van der Waals surface area contributed by atoms with Gasteiger partial charge in [0.25, 0.3) is 5.91 Å². The molecule has 1 aliphatic rings. The number of carbonyl (C=O) groups excluding carboxylic acids is 3. The Hall–Kier alpha value is -2.61. The number of piperidine rings is 1. The Kier molecular flexibility index (Phi) is 8.23. The summed E-state index contributed by atoms with van der Waals surface area (Å²) >= 11 is 0. The van der Waals surface area contributed by atoms with E-state index in [2.05, 4.69) is 15.5 Å². The highest BCUT2D eigenvalue weighted by atomic mass is 16.6. The lowest BCUT2D eigenvalue weighted by Crippen LogP contribution is -2.49. The van der Waals surface area contributed by atoms with Gasteiger partial charge in [-0.3, -0.25) is 14.5 Å². The molecule has 8 heteroatoms. The fourth-order valence-electron chi connectivity index (χ4n) is 3.39. The van der Waals surface area contributed by atoms with Crippen molar-refractivity contribution in [3.05, 3.63) is 29.8 Å². The van der Waals surface area contributed by atoms with E-state index in [9.17, 15) is 14.4 Å². The summed E-state index contributed by atoms with van der Waals surface area (Å²) in [5.74, 6) is -0.260. The number of ether oxygens (including phenoxy) is 1. The average Bonchev–Trinajstić information content (AvgIpc) is 2.65. The van der Waals surface area contributed by atoms with Crippen LogP contribution in [-0.2, 0) is 9.53 Å². The van der Waals surface area contributed by atoms with Gasteiger partial charge in [-0.05, 0) is 58.4 Å². The van der Waals surface area contributed by atoms with Crippen molar-refractivity contribution in [2.24, 2.45) is 0 Å². The van der Waals surface area contributed by atoms with Gasteiger partial charge < -0.3 is 20.3 Å². The maximum absolute atomic E-state index is 12.6. The first-order valence-electron chi connectivity index (χ1n) is 10.4. The van der Waals surface area contributed by atoms with Gasteiger partial charge in [-0.25, -0.2) is 4.79 Å². The van der Waals surface area contributed by atoms with Crippen molar-refractivity contribution in [2.75, 3.05) is 39.0 Å². The molecule has 0 radical (unpaired) electrons. The van der Waals surface area contributed by atoms with Crippen molar-refractivity contribution in [2.45, 2.75) is 51.7 Å². The molecule has 0 bridgehead atoms. The third-order valence-electron chi connectivity index (χ3n) is 4.78. The Bertz CT molecular complexity index is 758. The van der Waals surface area contributed by atoms with Gasteiger partial charge in [0.15, 0.2) is 0 Å². The second-order valence-electron chi connectivity index (χ2n) is 8.83. The normalized spacial score (nSPS) is 17.2. The molecular formula is C22H34N4O4. The number of hydrogen-bond acceptors (Lipinski definition) is 5. The second kappa shape index (κ2) is 10.4. The molecule has 1 atom stereocenters. The maximum Gasteiger partial charge on any atom is 0.407 e. The first-order chi connectivity index (χ1) is 14.0. The number of amides is 3. The topological polar surface area (TPSA) is 91.0 Å². The van der Waals surface area contributed by atoms with E-state index >= 15 is 0 Å². The lowest BCUT2D eigenvalue weighted by atomic mass is 10.0. The zero-order valence-corrected chi connectivity index (χ0v) is 18.7. The van der Waals surface area contributed by atoms with Crippen LogP contribution >= 0.6 is 0 Å². The zero-order valence-electron chi connectivity index (χ0n) is 18.7. The standard InChI is InChI=1S/C22H34N4O4/c1-22(2,3)30-21(29)23-14-18-11-6-7-12-26(18)15-19(27)24-17-10-8-9-16(13-17)20(28)25(4)5/h8-10,13,18H,6-7,11-12,14-15H2,1-5H3,(H,23,29)(H,24,27). The van der Waals surface area contributed by atoms with Crippen LogP contribution in [0.4, 0.5) is 10.5 Å². The van der Waals surface area contributed by atoms with Gasteiger partial charge in [0, 0.05) is 37.9 Å². The number of benzene rings is 1. The number of nitrogens with one attached hydrogen (secondary N) is 2. The summed E-state index contributed by atoms with van der Waals surface area (Å²) in [6.07, 6.45) is 2.55. The van der Waals surface area contributed by atoms with Gasteiger partial charge in [-0.1, -0.05) is 12.5 Å². The highest BCUT2D eigenvalue weighted by Crippen LogP contribution is 2.17. The molecule has 1 fully saturated rings. The minimum absolute atomic E-state index is 0.0821. The Labute approximate surface area is 178 Å². The van der Waals surface area contributed by atoms with Crippen LogP contribution in [0, 0.1) is 0 Å². The van der Waals surface area contributed by atoms with Crippen LogP contribution in [-0.4, -0.2) is 73.1 Å². The molecule has 2 rings (SSSR count). The summed E-state index contributed by atoms with van der Waals surface area (Å²) in [5, 5.41) is 5.69. The first kappa shape index (κ1) is 23.7. The summed E-state index contributed by atoms with van der Waals surface area (Å²) in [6.45, 7) is 6.94. The van der Waals surface area contributed by atoms with Gasteiger partial charge in [0.1, 0.15) is 5.60 Å². The van der Waals surface area contributed by atoms with Gasteiger partial charge in [-0.15, -0.1) is 0 Å². The van der Waals surface area contributed by atoms with E-state index < -0.39 is 11.7 Å². The molecule has 1 aromatic carbocycles. The summed E-state index contributed by atoms with van der Waals surface area (Å²) in [4.78, 5) is 40.3. The van der Waals surface area contributed by atoms with Crippen molar-refractivity contribution in [3.63, 3.8) is 0 Å². The van der Waals surface area contributed by atoms with E-state index in [1.165, 1.54) is 4.90 Å². The number of alkyl carbamates (subject to hydrolysis) is 1. The van der Waals surface area contributed by atoms with Crippen molar-refractivity contribution in [1.29, 1.82) is 0 Å². The highest BCUT2D eigenvalue weighted by Gasteiger charge is 2.26. The highest BCUT2D eigenvalue weighted by molar-refractivity contribution is 5.97. The number of rotatable bonds is 6. The average molecular weight is 419 g/mol. The lowest BCUT2D eigenvalue weighted by Gasteiger charge is -2.35. The van der Waals surface area contributed by atoms with Gasteiger partial charge in [0.2, 0.25) is 5.91 Å². The van der Waals surface area contributed by atoms with Crippen LogP contribution in [0.15, 0.2) is 24.3 Å². The van der Waals surface area contributed by atoms with Crippen molar-refractivity contribution in [3.8, 4) is 0 Å². The molecule has 1 aromatic rings. The Morgan fingerprint density at radius 2 is 1.93 bits per heavy atom. The number of anilines is 1. The van der Waals surface area contributed by atoms with E-state index in [-0.39, 0.29) is 24.4 Å². The molecule has 0 aliphatic carbocycles. The molecule has 1 heterocycles. The third-order valence-corrected chi connectivity index (χ3v) is 4.78. The van der Waals surface area contributed by atoms with E-state index in [0.29, 0.717) is 17.8 Å². The monoisotopic (exact) mass is 418 g/mol. The van der Waals surface area contributed by atoms with Crippen LogP contribution in [0.3, 0.4) is 0 Å². The Balaban J connectivity index is 1.91. The van der Waals surface area contributed by atoms with Gasteiger partial charge in [0.05, 0.1) is 6.54 Å². The predicted molar refractivity (Wildman–Crippen MR) is 117 cm³/mol. The minimum atomic E-state index is -0.543. The number of nitrogens with zero attached hydrogens (tertiary/aromatic N) is 2. The van der Waals surface area contributed by atoms with Crippen LogP contribution in [0.5, 0.6) is 0 Å². The molecule has 8 nitrogen and oxygen atoms in total. The number of hydrogen-bond donors (Lipinski definition) is 2. The molecular weight excluding hydrogens is 384 g/mol. The maximum atomic E-state index is 12.6. The van der Waals surface area contributed by atoms with Crippen LogP contribution in [0.2, 0.25) is 0 Å². The van der Waals surface area contributed by atoms with Crippen LogP contribution in [0.25, 0.3) is 0 Å². The first-order valence-corrected chi connectivity index (χ1v) is 10.4. The SMILES string of the molecule is CN(C)C(=O)c1cccc(NC(=O)CN2CCCCC2CNC(=O)OC(C)(C)C)c1. The molecule has 2 N–H and O–H groups in total. The van der Waals surface area contributed by atoms with Crippen molar-refractivity contribution in [1.82, 2.24) is 15.1 Å². The largest absolute Gasteiger partial charge is 0.444 e. The molecule has 166 valence electrons. The second-order valence-corrected chi connectivity index (χ2v) is 8.83. The summed E-state index contributed by atoms with van der Waals surface area (Å²) < 4.78 is 5.29. The molecule has 3 amide bonds. The minimum Gasteiger partial charge on any atom is -0.444 e. The van der Waals surface area contributed by atoms with Crippen LogP contribution < -0.4 is 10.6 Å². The lowest BCUT2D eigenvalue weighted by molar-refractivity contribution is -0.118. The summed E-state index contributed by atoms with van der Waals surface area (Å²) in [7, 11) is 3.38. The summed E-state index contributed by atoms with van der Waals surface area (Å²) in [6, 6.07) is 7.00. The van der Waals surface area contributed by atoms with Gasteiger partial charge >= 0.3 is 6.09 Å². The molecule has 30 heavy (non-hydrogen) atoms. The quantitative estimate of drug-likeness (QED) is 0.741. The molecule has 0 spiro atoms. The van der Waals surface area contributed by atoms with E-state index in [4.69, 9.17) is 4.74 Å². The van der Waals surface area contributed by atoms with E-state index in [1.54, 1.807) is 38.4 Å². The van der Waals surface area contributed by atoms with E-state index in [0.717, 1.165) is 25.8 Å². The smallest absolute Gasteiger partial charge is 0.407 e. The molecule has 1 saturated heterocycles. The summed E-state index contributed by atoms with van der Waals surface area (Å²) in [5.41, 5.74) is 0.571. The predicted octanol–water partition coefficient (Wildman–Crippen LogP) is 2.71. The van der Waals surface area contributed by atoms with Crippen LogP contribution in [0.1, 0.15) is 50.4 Å². The fraction of sp³-hybridized carbons (Fsp3) is 0.591. The third kappa shape index (κ3) is 7.67.